The van der Waals surface area contributed by atoms with Gasteiger partial charge in [-0.15, -0.1) is 4.94 Å². The average molecular weight is 245 g/mol. The molecule has 0 atom stereocenters. The van der Waals surface area contributed by atoms with E-state index in [0.29, 0.717) is 0 Å². The number of hydrogen-bond donors (Lipinski definition) is 2. The largest absolute Gasteiger partial charge is 0.418 e. The van der Waals surface area contributed by atoms with E-state index < -0.39 is 11.7 Å². The molecule has 0 saturated carbocycles. The lowest BCUT2D eigenvalue weighted by molar-refractivity contribution is -0.137. The summed E-state index contributed by atoms with van der Waals surface area (Å²) in [4.78, 5) is 1.90. The first-order valence-electron chi connectivity index (χ1n) is 3.43. The number of hydrazine groups is 1. The molecule has 0 aliphatic rings. The molecule has 0 bridgehead atoms. The van der Waals surface area contributed by atoms with Gasteiger partial charge in [0.05, 0.1) is 11.3 Å². The standard InChI is InChI=1S/C7H5Cl2F3N2/c8-4-1-2-6(13-14-9)5(3-4)7(10,11)12/h1-3,13-14H. The van der Waals surface area contributed by atoms with Gasteiger partial charge in [0.2, 0.25) is 0 Å². The van der Waals surface area contributed by atoms with Crippen LogP contribution in [0.4, 0.5) is 18.9 Å². The topological polar surface area (TPSA) is 24.1 Å². The lowest BCUT2D eigenvalue weighted by Gasteiger charge is -2.13. The number of alkyl halides is 3. The Morgan fingerprint density at radius 2 is 1.86 bits per heavy atom. The highest BCUT2D eigenvalue weighted by Gasteiger charge is 2.33. The first-order valence-corrected chi connectivity index (χ1v) is 4.19. The van der Waals surface area contributed by atoms with Gasteiger partial charge in [0, 0.05) is 5.02 Å². The van der Waals surface area contributed by atoms with Crippen LogP contribution in [0.3, 0.4) is 0 Å². The minimum Gasteiger partial charge on any atom is -0.307 e. The van der Waals surface area contributed by atoms with Crippen molar-refractivity contribution in [2.75, 3.05) is 5.43 Å². The smallest absolute Gasteiger partial charge is 0.307 e. The minimum atomic E-state index is -4.47. The molecule has 7 heteroatoms. The lowest BCUT2D eigenvalue weighted by atomic mass is 10.2. The van der Waals surface area contributed by atoms with Crippen LogP contribution < -0.4 is 10.4 Å². The molecule has 2 N–H and O–H groups in total. The minimum absolute atomic E-state index is 0.0115. The highest BCUT2D eigenvalue weighted by molar-refractivity contribution is 6.30. The third kappa shape index (κ3) is 2.67. The van der Waals surface area contributed by atoms with Crippen molar-refractivity contribution in [2.24, 2.45) is 0 Å². The molecule has 1 rings (SSSR count). The van der Waals surface area contributed by atoms with Crippen LogP contribution in [0.15, 0.2) is 18.2 Å². The van der Waals surface area contributed by atoms with Gasteiger partial charge in [-0.25, -0.2) is 0 Å². The number of nitrogens with one attached hydrogen (secondary N) is 2. The third-order valence-corrected chi connectivity index (χ3v) is 1.80. The zero-order valence-electron chi connectivity index (χ0n) is 6.62. The van der Waals surface area contributed by atoms with Crippen LogP contribution in [0.1, 0.15) is 5.56 Å². The van der Waals surface area contributed by atoms with Crippen molar-refractivity contribution in [3.05, 3.63) is 28.8 Å². The zero-order chi connectivity index (χ0) is 10.8. The van der Waals surface area contributed by atoms with Crippen LogP contribution in [-0.2, 0) is 6.18 Å². The highest BCUT2D eigenvalue weighted by Crippen LogP contribution is 2.36. The fourth-order valence-corrected chi connectivity index (χ4v) is 1.18. The van der Waals surface area contributed by atoms with Crippen molar-refractivity contribution < 1.29 is 13.2 Å². The van der Waals surface area contributed by atoms with E-state index in [-0.39, 0.29) is 10.7 Å². The Labute approximate surface area is 88.1 Å². The van der Waals surface area contributed by atoms with Crippen molar-refractivity contribution >= 4 is 29.1 Å². The molecular formula is C7H5Cl2F3N2. The van der Waals surface area contributed by atoms with Gasteiger partial charge in [0.1, 0.15) is 0 Å². The number of hydrogen-bond acceptors (Lipinski definition) is 2. The van der Waals surface area contributed by atoms with Crippen LogP contribution in [0, 0.1) is 0 Å². The van der Waals surface area contributed by atoms with Gasteiger partial charge in [-0.2, -0.15) is 13.2 Å². The monoisotopic (exact) mass is 244 g/mol. The fourth-order valence-electron chi connectivity index (χ4n) is 0.911. The summed E-state index contributed by atoms with van der Waals surface area (Å²) >= 11 is 10.5. The summed E-state index contributed by atoms with van der Waals surface area (Å²) in [6.45, 7) is 0. The second-order valence-corrected chi connectivity index (χ2v) is 3.03. The van der Waals surface area contributed by atoms with Crippen molar-refractivity contribution in [1.82, 2.24) is 4.94 Å². The van der Waals surface area contributed by atoms with E-state index in [4.69, 9.17) is 23.4 Å². The molecule has 0 aliphatic carbocycles. The van der Waals surface area contributed by atoms with E-state index in [1.807, 2.05) is 4.94 Å². The lowest BCUT2D eigenvalue weighted by Crippen LogP contribution is -2.15. The van der Waals surface area contributed by atoms with Gasteiger partial charge < -0.3 is 5.43 Å². The molecule has 1 aromatic carbocycles. The molecule has 2 nitrogen and oxygen atoms in total. The number of benzene rings is 1. The molecule has 0 spiro atoms. The summed E-state index contributed by atoms with van der Waals surface area (Å²) in [6, 6.07) is 3.33. The van der Waals surface area contributed by atoms with Gasteiger partial charge in [0.25, 0.3) is 0 Å². The summed E-state index contributed by atoms with van der Waals surface area (Å²) in [5.74, 6) is 0. The Morgan fingerprint density at radius 3 is 2.36 bits per heavy atom. The zero-order valence-corrected chi connectivity index (χ0v) is 8.13. The van der Waals surface area contributed by atoms with Crippen LogP contribution >= 0.6 is 23.4 Å². The van der Waals surface area contributed by atoms with Crippen LogP contribution in [0.25, 0.3) is 0 Å². The Hall–Kier alpha value is -0.650. The Bertz CT molecular complexity index is 327. The molecule has 0 heterocycles. The Balaban J connectivity index is 3.16. The molecule has 0 amide bonds. The first kappa shape index (κ1) is 11.4. The first-order chi connectivity index (χ1) is 6.45. The van der Waals surface area contributed by atoms with Crippen LogP contribution in [-0.4, -0.2) is 0 Å². The van der Waals surface area contributed by atoms with Gasteiger partial charge in [-0.05, 0) is 30.0 Å². The van der Waals surface area contributed by atoms with Gasteiger partial charge in [-0.1, -0.05) is 11.6 Å². The summed E-state index contributed by atoms with van der Waals surface area (Å²) in [5.41, 5.74) is 1.09. The molecule has 14 heavy (non-hydrogen) atoms. The molecule has 0 aliphatic heterocycles. The summed E-state index contributed by atoms with van der Waals surface area (Å²) < 4.78 is 37.1. The van der Waals surface area contributed by atoms with E-state index in [1.165, 1.54) is 12.1 Å². The second-order valence-electron chi connectivity index (χ2n) is 2.41. The van der Waals surface area contributed by atoms with Gasteiger partial charge >= 0.3 is 6.18 Å². The molecule has 0 radical (unpaired) electrons. The van der Waals surface area contributed by atoms with Crippen molar-refractivity contribution in [3.63, 3.8) is 0 Å². The molecule has 0 aromatic heterocycles. The predicted octanol–water partition coefficient (Wildman–Crippen LogP) is 3.43. The van der Waals surface area contributed by atoms with Crippen molar-refractivity contribution in [2.45, 2.75) is 6.18 Å². The van der Waals surface area contributed by atoms with Crippen LogP contribution in [0.2, 0.25) is 5.02 Å². The maximum atomic E-state index is 12.4. The SMILES string of the molecule is FC(F)(F)c1cc(Cl)ccc1NNCl. The third-order valence-electron chi connectivity index (χ3n) is 1.47. The summed E-state index contributed by atoms with van der Waals surface area (Å²) in [5, 5.41) is 0.0115. The maximum absolute atomic E-state index is 12.4. The quantitative estimate of drug-likeness (QED) is 0.616. The summed E-state index contributed by atoms with van der Waals surface area (Å²) in [7, 11) is 0. The van der Waals surface area contributed by atoms with E-state index >= 15 is 0 Å². The molecule has 0 saturated heterocycles. The van der Waals surface area contributed by atoms with Crippen LogP contribution in [0.5, 0.6) is 0 Å². The predicted molar refractivity (Wildman–Crippen MR) is 49.1 cm³/mol. The molecule has 1 aromatic rings. The molecular weight excluding hydrogens is 240 g/mol. The van der Waals surface area contributed by atoms with Gasteiger partial charge in [0.15, 0.2) is 0 Å². The highest BCUT2D eigenvalue weighted by atomic mass is 35.5. The van der Waals surface area contributed by atoms with E-state index in [2.05, 4.69) is 5.43 Å². The number of anilines is 1. The molecule has 0 unspecified atom stereocenters. The Morgan fingerprint density at radius 1 is 1.21 bits per heavy atom. The molecule has 0 fully saturated rings. The van der Waals surface area contributed by atoms with Gasteiger partial charge in [-0.3, -0.25) is 0 Å². The Kier molecular flexibility index (Phi) is 3.47. The molecule has 78 valence electrons. The normalized spacial score (nSPS) is 11.5. The number of rotatable bonds is 2. The second kappa shape index (κ2) is 4.25. The number of halogens is 5. The van der Waals surface area contributed by atoms with E-state index in [1.54, 1.807) is 0 Å². The maximum Gasteiger partial charge on any atom is 0.418 e. The van der Waals surface area contributed by atoms with E-state index in [0.717, 1.165) is 6.07 Å². The summed E-state index contributed by atoms with van der Waals surface area (Å²) in [6.07, 6.45) is -4.47. The van der Waals surface area contributed by atoms with E-state index in [9.17, 15) is 13.2 Å². The van der Waals surface area contributed by atoms with Crippen molar-refractivity contribution in [1.29, 1.82) is 0 Å². The van der Waals surface area contributed by atoms with Crippen molar-refractivity contribution in [3.8, 4) is 0 Å². The fraction of sp³-hybridized carbons (Fsp3) is 0.143. The average Bonchev–Trinajstić information content (AvgIpc) is 2.07.